The monoisotopic (exact) mass is 96.1 g/mol. The Morgan fingerprint density at radius 2 is 2.29 bits per heavy atom. The summed E-state index contributed by atoms with van der Waals surface area (Å²) in [6.45, 7) is 8.50. The maximum Gasteiger partial charge on any atom is 0.248 e. The summed E-state index contributed by atoms with van der Waals surface area (Å²) in [5, 5.41) is 0. The molecule has 0 aromatic rings. The van der Waals surface area contributed by atoms with E-state index in [2.05, 4.69) is 9.74 Å². The Labute approximate surface area is 43.6 Å². The Morgan fingerprint density at radius 1 is 1.71 bits per heavy atom. The van der Waals surface area contributed by atoms with E-state index < -0.39 is 0 Å². The van der Waals surface area contributed by atoms with Crippen LogP contribution in [0, 0.1) is 6.57 Å². The lowest BCUT2D eigenvalue weighted by molar-refractivity contribution is 0.215. The van der Waals surface area contributed by atoms with Gasteiger partial charge in [0.1, 0.15) is 0 Å². The number of hydrogen-bond donors (Lipinski definition) is 0. The smallest absolute Gasteiger partial charge is 0.248 e. The summed E-state index contributed by atoms with van der Waals surface area (Å²) in [6.07, 6.45) is 0. The molecule has 0 unspecified atom stereocenters. The van der Waals surface area contributed by atoms with Crippen molar-refractivity contribution in [3.63, 3.8) is 0 Å². The molecule has 0 amide bonds. The molecule has 0 aliphatic carbocycles. The van der Waals surface area contributed by atoms with E-state index >= 15 is 0 Å². The van der Waals surface area contributed by atoms with Gasteiger partial charge in [-0.15, -0.1) is 0 Å². The molecule has 1 fully saturated rings. The van der Waals surface area contributed by atoms with Crippen LogP contribution < -0.4 is 0 Å². The molecule has 0 atom stereocenters. The molecule has 1 rings (SSSR count). The largest absolute Gasteiger partial charge is 0.311 e. The molecule has 0 radical (unpaired) electrons. The van der Waals surface area contributed by atoms with Crippen LogP contribution in [0.3, 0.4) is 0 Å². The molecule has 2 nitrogen and oxygen atoms in total. The van der Waals surface area contributed by atoms with Gasteiger partial charge in [-0.1, -0.05) is 0 Å². The average Bonchev–Trinajstić information content (AvgIpc) is 1.58. The normalized spacial score (nSPS) is 23.4. The van der Waals surface area contributed by atoms with Crippen molar-refractivity contribution in [1.82, 2.24) is 4.90 Å². The van der Waals surface area contributed by atoms with Gasteiger partial charge in [0.2, 0.25) is 6.04 Å². The first-order valence-corrected chi connectivity index (χ1v) is 2.38. The summed E-state index contributed by atoms with van der Waals surface area (Å²) in [5.41, 5.74) is 0. The van der Waals surface area contributed by atoms with Crippen LogP contribution in [-0.4, -0.2) is 31.1 Å². The van der Waals surface area contributed by atoms with Gasteiger partial charge in [0.15, 0.2) is 0 Å². The van der Waals surface area contributed by atoms with Gasteiger partial charge in [-0.05, 0) is 7.05 Å². The first-order chi connectivity index (χ1) is 3.33. The van der Waals surface area contributed by atoms with Crippen LogP contribution >= 0.6 is 0 Å². The van der Waals surface area contributed by atoms with Gasteiger partial charge < -0.3 is 4.85 Å². The van der Waals surface area contributed by atoms with Gasteiger partial charge in [0.05, 0.1) is 13.1 Å². The minimum atomic E-state index is 0.310. The quantitative estimate of drug-likeness (QED) is 0.391. The second kappa shape index (κ2) is 1.51. The Bertz CT molecular complexity index is 97.1. The molecule has 0 bridgehead atoms. The minimum Gasteiger partial charge on any atom is -0.311 e. The molecule has 1 heterocycles. The second-order valence-corrected chi connectivity index (χ2v) is 2.00. The predicted molar refractivity (Wildman–Crippen MR) is 27.9 cm³/mol. The van der Waals surface area contributed by atoms with Crippen LogP contribution in [0.15, 0.2) is 0 Å². The van der Waals surface area contributed by atoms with E-state index in [0.717, 1.165) is 13.1 Å². The summed E-state index contributed by atoms with van der Waals surface area (Å²) in [5.74, 6) is 0. The van der Waals surface area contributed by atoms with E-state index in [1.807, 2.05) is 7.05 Å². The van der Waals surface area contributed by atoms with E-state index in [4.69, 9.17) is 6.57 Å². The lowest BCUT2D eigenvalue weighted by atomic mass is 10.2. The molecule has 0 N–H and O–H groups in total. The molecule has 1 aliphatic heterocycles. The molecule has 0 saturated carbocycles. The van der Waals surface area contributed by atoms with Crippen molar-refractivity contribution in [2.75, 3.05) is 20.1 Å². The summed E-state index contributed by atoms with van der Waals surface area (Å²) < 4.78 is 0. The highest BCUT2D eigenvalue weighted by molar-refractivity contribution is 4.91. The second-order valence-electron chi connectivity index (χ2n) is 2.00. The van der Waals surface area contributed by atoms with Crippen molar-refractivity contribution in [2.45, 2.75) is 6.04 Å². The van der Waals surface area contributed by atoms with Gasteiger partial charge in [-0.25, -0.2) is 6.57 Å². The van der Waals surface area contributed by atoms with Crippen LogP contribution in [-0.2, 0) is 0 Å². The summed E-state index contributed by atoms with van der Waals surface area (Å²) in [4.78, 5) is 5.49. The van der Waals surface area contributed by atoms with Crippen molar-refractivity contribution in [1.29, 1.82) is 0 Å². The summed E-state index contributed by atoms with van der Waals surface area (Å²) in [6, 6.07) is 0.310. The van der Waals surface area contributed by atoms with Crippen molar-refractivity contribution < 1.29 is 0 Å². The van der Waals surface area contributed by atoms with Gasteiger partial charge in [0.25, 0.3) is 0 Å². The zero-order valence-corrected chi connectivity index (χ0v) is 4.39. The minimum absolute atomic E-state index is 0.310. The lowest BCUT2D eigenvalue weighted by Gasteiger charge is -2.26. The summed E-state index contributed by atoms with van der Waals surface area (Å²) >= 11 is 0. The lowest BCUT2D eigenvalue weighted by Crippen LogP contribution is -2.45. The Kier molecular flexibility index (Phi) is 0.994. The predicted octanol–water partition coefficient (Wildman–Crippen LogP) is 0.220. The van der Waals surface area contributed by atoms with Gasteiger partial charge in [-0.2, -0.15) is 0 Å². The fraction of sp³-hybridized carbons (Fsp3) is 0.800. The van der Waals surface area contributed by atoms with Crippen molar-refractivity contribution >= 4 is 0 Å². The van der Waals surface area contributed by atoms with Crippen LogP contribution in [0.4, 0.5) is 0 Å². The van der Waals surface area contributed by atoms with Gasteiger partial charge in [0, 0.05) is 0 Å². The third kappa shape index (κ3) is 0.726. The molecule has 0 aromatic carbocycles. The number of rotatable bonds is 0. The number of hydrogen-bond acceptors (Lipinski definition) is 1. The molecular weight excluding hydrogens is 88.1 g/mol. The van der Waals surface area contributed by atoms with E-state index in [-0.39, 0.29) is 0 Å². The zero-order chi connectivity index (χ0) is 5.28. The Morgan fingerprint density at radius 3 is 2.43 bits per heavy atom. The fourth-order valence-electron chi connectivity index (χ4n) is 0.748. The molecule has 2 heteroatoms. The molecular formula is C5H8N2. The SMILES string of the molecule is [C-]#[N+]C1CN(C)C1. The molecule has 7 heavy (non-hydrogen) atoms. The number of likely N-dealkylation sites (tertiary alicyclic amines) is 1. The van der Waals surface area contributed by atoms with Crippen LogP contribution in [0.25, 0.3) is 4.85 Å². The van der Waals surface area contributed by atoms with E-state index in [1.54, 1.807) is 0 Å². The van der Waals surface area contributed by atoms with Crippen LogP contribution in [0.5, 0.6) is 0 Å². The Balaban J connectivity index is 2.21. The number of nitrogens with zero attached hydrogens (tertiary/aromatic N) is 2. The highest BCUT2D eigenvalue weighted by atomic mass is 15.2. The van der Waals surface area contributed by atoms with E-state index in [9.17, 15) is 0 Å². The molecule has 38 valence electrons. The molecule has 0 aromatic heterocycles. The summed E-state index contributed by atoms with van der Waals surface area (Å²) in [7, 11) is 2.03. The molecule has 1 saturated heterocycles. The van der Waals surface area contributed by atoms with Crippen LogP contribution in [0.1, 0.15) is 0 Å². The maximum atomic E-state index is 6.55. The van der Waals surface area contributed by atoms with Crippen LogP contribution in [0.2, 0.25) is 0 Å². The van der Waals surface area contributed by atoms with Crippen molar-refractivity contribution in [2.24, 2.45) is 0 Å². The topological polar surface area (TPSA) is 7.60 Å². The van der Waals surface area contributed by atoms with E-state index in [1.165, 1.54) is 0 Å². The number of likely N-dealkylation sites (N-methyl/N-ethyl adjacent to an activating group) is 1. The van der Waals surface area contributed by atoms with Gasteiger partial charge >= 0.3 is 0 Å². The highest BCUT2D eigenvalue weighted by Gasteiger charge is 2.27. The van der Waals surface area contributed by atoms with E-state index in [0.29, 0.717) is 6.04 Å². The third-order valence-electron chi connectivity index (χ3n) is 1.23. The van der Waals surface area contributed by atoms with Gasteiger partial charge in [-0.3, -0.25) is 4.90 Å². The van der Waals surface area contributed by atoms with Crippen molar-refractivity contribution in [3.8, 4) is 0 Å². The molecule has 0 spiro atoms. The third-order valence-corrected chi connectivity index (χ3v) is 1.23. The first-order valence-electron chi connectivity index (χ1n) is 2.38. The average molecular weight is 96.1 g/mol. The fourth-order valence-corrected chi connectivity index (χ4v) is 0.748. The molecule has 1 aliphatic rings. The first kappa shape index (κ1) is 4.61. The standard InChI is InChI=1S/C5H8N2/c1-6-5-3-7(2)4-5/h5H,3-4H2,2H3. The van der Waals surface area contributed by atoms with Crippen molar-refractivity contribution in [3.05, 3.63) is 11.4 Å². The maximum absolute atomic E-state index is 6.55. The highest BCUT2D eigenvalue weighted by Crippen LogP contribution is 2.06. The zero-order valence-electron chi connectivity index (χ0n) is 4.39. The Hall–Kier alpha value is -0.550.